The zero-order valence-electron chi connectivity index (χ0n) is 16.2. The van der Waals surface area contributed by atoms with Crippen LogP contribution < -0.4 is 20.1 Å². The molecule has 0 unspecified atom stereocenters. The van der Waals surface area contributed by atoms with E-state index < -0.39 is 0 Å². The number of nitrogens with one attached hydrogen (secondary N) is 2. The topological polar surface area (TPSA) is 85.4 Å². The van der Waals surface area contributed by atoms with Gasteiger partial charge in [-0.05, 0) is 43.7 Å². The van der Waals surface area contributed by atoms with E-state index in [1.807, 2.05) is 49.4 Å². The third-order valence-electron chi connectivity index (χ3n) is 4.04. The Kier molecular flexibility index (Phi) is 5.74. The fourth-order valence-corrected chi connectivity index (χ4v) is 2.74. The van der Waals surface area contributed by atoms with Crippen molar-refractivity contribution >= 4 is 23.1 Å². The number of benzene rings is 2. The Balaban J connectivity index is 1.87. The van der Waals surface area contributed by atoms with Crippen LogP contribution in [0.15, 0.2) is 48.5 Å². The first-order valence-electron chi connectivity index (χ1n) is 8.72. The second-order valence-electron chi connectivity index (χ2n) is 6.17. The van der Waals surface area contributed by atoms with Crippen LogP contribution in [0.2, 0.25) is 0 Å². The molecule has 0 aliphatic carbocycles. The van der Waals surface area contributed by atoms with Crippen LogP contribution in [0.5, 0.6) is 11.5 Å². The van der Waals surface area contributed by atoms with Crippen molar-refractivity contribution in [3.05, 3.63) is 65.6 Å². The lowest BCUT2D eigenvalue weighted by Gasteiger charge is -2.13. The molecule has 0 saturated heterocycles. The van der Waals surface area contributed by atoms with Gasteiger partial charge in [0.15, 0.2) is 0 Å². The summed E-state index contributed by atoms with van der Waals surface area (Å²) < 4.78 is 10.7. The summed E-state index contributed by atoms with van der Waals surface area (Å²) in [5.41, 5.74) is 2.58. The van der Waals surface area contributed by atoms with Crippen LogP contribution in [0.4, 0.5) is 17.2 Å². The molecule has 3 aromatic rings. The number of methoxy groups -OCH3 is 2. The largest absolute Gasteiger partial charge is 0.495 e. The SMILES string of the molecule is COc1ccc(C)cc1NC(=O)c1cc(Nc2ccccc2OC)nc(C)n1. The molecule has 28 heavy (non-hydrogen) atoms. The van der Waals surface area contributed by atoms with Gasteiger partial charge in [-0.2, -0.15) is 0 Å². The number of anilines is 3. The number of para-hydroxylation sites is 2. The Hall–Kier alpha value is -3.61. The maximum atomic E-state index is 12.8. The molecule has 0 saturated carbocycles. The molecular weight excluding hydrogens is 356 g/mol. The molecule has 0 bridgehead atoms. The normalized spacial score (nSPS) is 10.3. The quantitative estimate of drug-likeness (QED) is 0.671. The first-order chi connectivity index (χ1) is 13.5. The van der Waals surface area contributed by atoms with Crippen molar-refractivity contribution in [1.82, 2.24) is 9.97 Å². The van der Waals surface area contributed by atoms with Crippen LogP contribution in [0, 0.1) is 13.8 Å². The number of hydrogen-bond donors (Lipinski definition) is 2. The number of aromatic nitrogens is 2. The predicted molar refractivity (Wildman–Crippen MR) is 109 cm³/mol. The van der Waals surface area contributed by atoms with Crippen LogP contribution in [0.3, 0.4) is 0 Å². The maximum absolute atomic E-state index is 12.8. The number of carbonyl (C=O) groups excluding carboxylic acids is 1. The molecule has 0 atom stereocenters. The van der Waals surface area contributed by atoms with Gasteiger partial charge in [0.05, 0.1) is 25.6 Å². The summed E-state index contributed by atoms with van der Waals surface area (Å²) in [7, 11) is 3.16. The van der Waals surface area contributed by atoms with Crippen molar-refractivity contribution in [2.75, 3.05) is 24.9 Å². The molecule has 0 aliphatic heterocycles. The van der Waals surface area contributed by atoms with Gasteiger partial charge in [0, 0.05) is 6.07 Å². The molecule has 2 N–H and O–H groups in total. The average Bonchev–Trinajstić information content (AvgIpc) is 2.68. The van der Waals surface area contributed by atoms with Crippen molar-refractivity contribution in [2.45, 2.75) is 13.8 Å². The van der Waals surface area contributed by atoms with Gasteiger partial charge < -0.3 is 20.1 Å². The minimum absolute atomic E-state index is 0.244. The lowest BCUT2D eigenvalue weighted by molar-refractivity contribution is 0.102. The van der Waals surface area contributed by atoms with Crippen molar-refractivity contribution in [3.8, 4) is 11.5 Å². The minimum atomic E-state index is -0.350. The van der Waals surface area contributed by atoms with Crippen LogP contribution in [0.1, 0.15) is 21.9 Å². The van der Waals surface area contributed by atoms with Gasteiger partial charge in [-0.25, -0.2) is 9.97 Å². The molecular formula is C21H22N4O3. The second kappa shape index (κ2) is 8.39. The highest BCUT2D eigenvalue weighted by atomic mass is 16.5. The van der Waals surface area contributed by atoms with Gasteiger partial charge in [-0.15, -0.1) is 0 Å². The summed E-state index contributed by atoms with van der Waals surface area (Å²) in [5, 5.41) is 6.03. The number of amides is 1. The number of hydrogen-bond acceptors (Lipinski definition) is 6. The first-order valence-corrected chi connectivity index (χ1v) is 8.72. The highest BCUT2D eigenvalue weighted by molar-refractivity contribution is 6.04. The van der Waals surface area contributed by atoms with Crippen molar-refractivity contribution in [2.24, 2.45) is 0 Å². The zero-order chi connectivity index (χ0) is 20.1. The maximum Gasteiger partial charge on any atom is 0.274 e. The minimum Gasteiger partial charge on any atom is -0.495 e. The van der Waals surface area contributed by atoms with Gasteiger partial charge in [0.25, 0.3) is 5.91 Å². The number of nitrogens with zero attached hydrogens (tertiary/aromatic N) is 2. The number of carbonyl (C=O) groups is 1. The van der Waals surface area contributed by atoms with Gasteiger partial charge in [-0.3, -0.25) is 4.79 Å². The monoisotopic (exact) mass is 378 g/mol. The number of aryl methyl sites for hydroxylation is 2. The van der Waals surface area contributed by atoms with Gasteiger partial charge >= 0.3 is 0 Å². The van der Waals surface area contributed by atoms with E-state index >= 15 is 0 Å². The second-order valence-corrected chi connectivity index (χ2v) is 6.17. The molecule has 0 fully saturated rings. The van der Waals surface area contributed by atoms with Gasteiger partial charge in [-0.1, -0.05) is 18.2 Å². The zero-order valence-corrected chi connectivity index (χ0v) is 16.2. The standard InChI is InChI=1S/C21H22N4O3/c1-13-9-10-19(28-4)16(11-13)25-21(26)17-12-20(23-14(2)22-17)24-15-7-5-6-8-18(15)27-3/h5-12H,1-4H3,(H,25,26)(H,22,23,24). The third-order valence-corrected chi connectivity index (χ3v) is 4.04. The van der Waals surface area contributed by atoms with E-state index in [4.69, 9.17) is 9.47 Å². The Morgan fingerprint density at radius 3 is 2.36 bits per heavy atom. The molecule has 1 aromatic heterocycles. The molecule has 0 aliphatic rings. The molecule has 144 valence electrons. The Bertz CT molecular complexity index is 1000. The molecule has 3 rings (SSSR count). The van der Waals surface area contributed by atoms with E-state index in [0.29, 0.717) is 28.8 Å². The van der Waals surface area contributed by atoms with Crippen LogP contribution >= 0.6 is 0 Å². The van der Waals surface area contributed by atoms with E-state index in [9.17, 15) is 4.79 Å². The summed E-state index contributed by atoms with van der Waals surface area (Å²) in [4.78, 5) is 21.4. The van der Waals surface area contributed by atoms with Crippen molar-refractivity contribution < 1.29 is 14.3 Å². The molecule has 0 radical (unpaired) electrons. The van der Waals surface area contributed by atoms with E-state index in [1.54, 1.807) is 27.2 Å². The molecule has 0 spiro atoms. The summed E-state index contributed by atoms with van der Waals surface area (Å²) >= 11 is 0. The van der Waals surface area contributed by atoms with E-state index in [-0.39, 0.29) is 11.6 Å². The predicted octanol–water partition coefficient (Wildman–Crippen LogP) is 4.11. The lowest BCUT2D eigenvalue weighted by atomic mass is 10.2. The first kappa shape index (κ1) is 19.2. The molecule has 1 heterocycles. The van der Waals surface area contributed by atoms with Crippen LogP contribution in [-0.2, 0) is 0 Å². The Morgan fingerprint density at radius 2 is 1.61 bits per heavy atom. The van der Waals surface area contributed by atoms with Crippen molar-refractivity contribution in [3.63, 3.8) is 0 Å². The van der Waals surface area contributed by atoms with Gasteiger partial charge in [0.2, 0.25) is 0 Å². The number of rotatable bonds is 6. The fraction of sp³-hybridized carbons (Fsp3) is 0.190. The third kappa shape index (κ3) is 4.37. The lowest BCUT2D eigenvalue weighted by Crippen LogP contribution is -2.16. The number of ether oxygens (including phenoxy) is 2. The average molecular weight is 378 g/mol. The molecule has 7 nitrogen and oxygen atoms in total. The summed E-state index contributed by atoms with van der Waals surface area (Å²) in [5.74, 6) is 1.88. The summed E-state index contributed by atoms with van der Waals surface area (Å²) in [6.45, 7) is 3.68. The molecule has 2 aromatic carbocycles. The van der Waals surface area contributed by atoms with Crippen LogP contribution in [0.25, 0.3) is 0 Å². The Labute approximate surface area is 163 Å². The fourth-order valence-electron chi connectivity index (χ4n) is 2.74. The Morgan fingerprint density at radius 1 is 0.893 bits per heavy atom. The summed E-state index contributed by atoms with van der Waals surface area (Å²) in [6.07, 6.45) is 0. The van der Waals surface area contributed by atoms with E-state index in [1.165, 1.54) is 0 Å². The van der Waals surface area contributed by atoms with E-state index in [2.05, 4.69) is 20.6 Å². The highest BCUT2D eigenvalue weighted by Crippen LogP contribution is 2.28. The molecule has 1 amide bonds. The smallest absolute Gasteiger partial charge is 0.274 e. The van der Waals surface area contributed by atoms with Crippen LogP contribution in [-0.4, -0.2) is 30.1 Å². The molecule has 7 heteroatoms. The van der Waals surface area contributed by atoms with Crippen molar-refractivity contribution in [1.29, 1.82) is 0 Å². The van der Waals surface area contributed by atoms with E-state index in [0.717, 1.165) is 11.3 Å². The highest BCUT2D eigenvalue weighted by Gasteiger charge is 2.14. The van der Waals surface area contributed by atoms with Gasteiger partial charge in [0.1, 0.15) is 28.8 Å². The summed E-state index contributed by atoms with van der Waals surface area (Å²) in [6, 6.07) is 14.6.